The van der Waals surface area contributed by atoms with Gasteiger partial charge in [0.05, 0.1) is 39.6 Å². The van der Waals surface area contributed by atoms with Gasteiger partial charge in [0.2, 0.25) is 58.7 Å². The van der Waals surface area contributed by atoms with Crippen LogP contribution in [0.15, 0.2) is 0 Å². The van der Waals surface area contributed by atoms with Crippen LogP contribution in [0.25, 0.3) is 4.85 Å². The molecule has 0 bridgehead atoms. The third kappa shape index (κ3) is 44.0. The van der Waals surface area contributed by atoms with E-state index in [-0.39, 0.29) is 181 Å². The number of aliphatic hydroxyl groups is 9. The van der Waals surface area contributed by atoms with Gasteiger partial charge >= 0.3 is 0 Å². The van der Waals surface area contributed by atoms with Crippen LogP contribution in [0.3, 0.4) is 0 Å². The highest BCUT2D eigenvalue weighted by atomic mass is 16.7. The second-order valence-corrected chi connectivity index (χ2v) is 30.9. The van der Waals surface area contributed by atoms with Crippen LogP contribution in [-0.2, 0) is 105 Å². The number of nitrogens with zero attached hydrogens (tertiary/aromatic N) is 1. The van der Waals surface area contributed by atoms with Crippen LogP contribution in [0.4, 0.5) is 0 Å². The lowest BCUT2D eigenvalue weighted by Gasteiger charge is -2.42. The average molecular weight is 1720 g/mol. The summed E-state index contributed by atoms with van der Waals surface area (Å²) in [6, 6.07) is -3.24. The topological polar surface area (TPSA) is 584 Å². The van der Waals surface area contributed by atoms with Gasteiger partial charge in [-0.2, -0.15) is 0 Å². The highest BCUT2D eigenvalue weighted by Crippen LogP contribution is 2.40. The molecule has 0 radical (unpaired) electrons. The Morgan fingerprint density at radius 2 is 0.692 bits per heavy atom. The van der Waals surface area contributed by atoms with E-state index in [0.717, 1.165) is 0 Å². The van der Waals surface area contributed by atoms with E-state index >= 15 is 0 Å². The SMILES string of the molecule is [C-]#[N+]C(C)(CCC(=O)CCCOCCCOCC(=O)CC(CCC(=O)NCCOCC(=O)NCCCCCO[C@@H]1O[C@H](CO)[C@H](O)[C@H](O)[C@H]1NC(C)=O)(CCC(=O)NCCOCC(=O)NCCCCCO[C@@H]1O[C@H](CO)[C@H](O)[C@H](O)[C@H]1NC(C)=O)CCC(=O)NCCOCC(=O)NCCCCCO[C@@H]1O[C@H](CO)[C@H](O)[C@H](O)[C@H]1NC(C)=O)C(C)C. The summed E-state index contributed by atoms with van der Waals surface area (Å²) in [6.07, 6.45) is -9.40. The largest absolute Gasteiger partial charge is 0.394 e. The van der Waals surface area contributed by atoms with Crippen molar-refractivity contribution in [3.8, 4) is 0 Å². The van der Waals surface area contributed by atoms with Gasteiger partial charge in [-0.15, -0.1) is 0 Å². The van der Waals surface area contributed by atoms with Crippen molar-refractivity contribution in [3.63, 3.8) is 0 Å². The van der Waals surface area contributed by atoms with Gasteiger partial charge in [-0.1, -0.05) is 13.8 Å². The van der Waals surface area contributed by atoms with Gasteiger partial charge in [0.25, 0.3) is 0 Å². The minimum atomic E-state index is -1.45. The number of carbonyl (C=O) groups is 11. The summed E-state index contributed by atoms with van der Waals surface area (Å²) in [5.41, 5.74) is -1.79. The molecule has 0 aromatic carbocycles. The third-order valence-corrected chi connectivity index (χ3v) is 20.6. The Bertz CT molecular complexity index is 2810. The highest BCUT2D eigenvalue weighted by molar-refractivity contribution is 5.82. The Balaban J connectivity index is 1.61. The van der Waals surface area contributed by atoms with E-state index in [9.17, 15) is 98.7 Å². The van der Waals surface area contributed by atoms with Gasteiger partial charge in [-0.3, -0.25) is 52.7 Å². The number of unbranched alkanes of at least 4 members (excludes halogenated alkanes) is 6. The maximum atomic E-state index is 14.1. The maximum absolute atomic E-state index is 14.1. The van der Waals surface area contributed by atoms with Crippen LogP contribution in [0, 0.1) is 17.9 Å². The lowest BCUT2D eigenvalue weighted by atomic mass is 9.71. The maximum Gasteiger partial charge on any atom is 0.245 e. The van der Waals surface area contributed by atoms with Gasteiger partial charge in [-0.25, -0.2) is 6.57 Å². The predicted molar refractivity (Wildman–Crippen MR) is 425 cm³/mol. The Hall–Kier alpha value is -6.74. The molecule has 1 unspecified atom stereocenters. The van der Waals surface area contributed by atoms with Crippen molar-refractivity contribution in [2.45, 2.75) is 274 Å². The summed E-state index contributed by atoms with van der Waals surface area (Å²) in [5, 5.41) is 115. The quantitative estimate of drug-likeness (QED) is 0.0206. The van der Waals surface area contributed by atoms with Crippen molar-refractivity contribution in [2.24, 2.45) is 11.3 Å². The first kappa shape index (κ1) is 107. The molecule has 41 heteroatoms. The van der Waals surface area contributed by atoms with Crippen molar-refractivity contribution in [3.05, 3.63) is 11.4 Å². The average Bonchev–Trinajstić information content (AvgIpc) is 0.836. The molecule has 0 aliphatic carbocycles. The molecule has 0 aromatic rings. The van der Waals surface area contributed by atoms with Gasteiger partial charge in [0.1, 0.15) is 105 Å². The molecule has 690 valence electrons. The van der Waals surface area contributed by atoms with Crippen LogP contribution in [0.1, 0.15) is 176 Å². The fourth-order valence-electron chi connectivity index (χ4n) is 13.2. The summed E-state index contributed by atoms with van der Waals surface area (Å²) in [5.74, 6) is -4.37. The monoisotopic (exact) mass is 1720 g/mol. The zero-order valence-electron chi connectivity index (χ0n) is 70.6. The van der Waals surface area contributed by atoms with E-state index in [0.29, 0.717) is 96.5 Å². The standard InChI is InChI=1S/C79H138N10O31/c1-51(2)78(6,80-7)24-20-55(96)19-17-34-110-35-18-36-111-47-56(97)43-79(25-21-60(98)84-31-40-112-48-63(101)81-28-11-8-14-37-115-75-66(87-52(3)93)72(107)69(104)57(44-90)118-75,26-22-61(99)85-32-41-113-49-64(102)82-29-12-9-15-38-116-76-67(88-53(4)94)73(108)70(105)58(45-91)119-76)27-23-62(100)86-33-42-114-50-65(103)83-30-13-10-16-39-117-77-68(89-54(5)95)74(109)71(106)59(46-92)120-77/h51,57-59,66-77,90-92,104-109H,8-50H2,1-6H3,(H,81,101)(H,82,102)(H,83,103)(H,84,98)(H,85,99)(H,86,100)(H,87,93)(H,88,94)(H,89,95)/t57-,58-,59-,66-,67-,68-,69+,70+,71+,72-,73-,74-,75-,76-,77-,78?/m1/s1. The van der Waals surface area contributed by atoms with E-state index in [2.05, 4.69) is 52.7 Å². The lowest BCUT2D eigenvalue weighted by Crippen LogP contribution is -2.64. The second-order valence-electron chi connectivity index (χ2n) is 30.9. The van der Waals surface area contributed by atoms with Crippen molar-refractivity contribution >= 4 is 64.7 Å². The van der Waals surface area contributed by atoms with E-state index in [1.165, 1.54) is 20.8 Å². The zero-order chi connectivity index (χ0) is 88.8. The highest BCUT2D eigenvalue weighted by Gasteiger charge is 2.48. The molecule has 3 fully saturated rings. The van der Waals surface area contributed by atoms with Gasteiger partial charge in [0, 0.05) is 157 Å². The minimum absolute atomic E-state index is 0.00555. The van der Waals surface area contributed by atoms with Crippen LogP contribution >= 0.6 is 0 Å². The fourth-order valence-corrected chi connectivity index (χ4v) is 13.2. The smallest absolute Gasteiger partial charge is 0.245 e. The number of hydrogen-bond donors (Lipinski definition) is 18. The Labute approximate surface area is 702 Å². The van der Waals surface area contributed by atoms with Crippen molar-refractivity contribution in [1.29, 1.82) is 0 Å². The van der Waals surface area contributed by atoms with Gasteiger partial charge in [-0.05, 0) is 95.3 Å². The molecule has 0 aromatic heterocycles. The number of ether oxygens (including phenoxy) is 11. The van der Waals surface area contributed by atoms with E-state index in [4.69, 9.17) is 58.7 Å². The number of nitrogens with one attached hydrogen (secondary N) is 9. The molecule has 41 nitrogen and oxygen atoms in total. The fraction of sp³-hybridized carbons (Fsp3) is 0.848. The first-order valence-electron chi connectivity index (χ1n) is 41.8. The summed E-state index contributed by atoms with van der Waals surface area (Å²) < 4.78 is 62.1. The number of Topliss-reactive ketones (excluding diaryl/α,β-unsaturated/α-hetero) is 2. The molecule has 0 saturated carbocycles. The van der Waals surface area contributed by atoms with Gasteiger partial charge < -0.3 is 151 Å². The number of hydrogen-bond acceptors (Lipinski definition) is 31. The Morgan fingerprint density at radius 1 is 0.367 bits per heavy atom. The molecule has 9 amide bonds. The Morgan fingerprint density at radius 3 is 1.02 bits per heavy atom. The summed E-state index contributed by atoms with van der Waals surface area (Å²) in [6.45, 7) is 15.6. The third-order valence-electron chi connectivity index (χ3n) is 20.6. The summed E-state index contributed by atoms with van der Waals surface area (Å²) in [7, 11) is 0. The van der Waals surface area contributed by atoms with Crippen LogP contribution in [-0.4, -0.2) is 353 Å². The molecular formula is C79H138N10O31. The number of aliphatic hydroxyl groups excluding tert-OH is 9. The van der Waals surface area contributed by atoms with Crippen molar-refractivity contribution < 1.29 is 151 Å². The number of carbonyl (C=O) groups excluding carboxylic acids is 11. The zero-order valence-corrected chi connectivity index (χ0v) is 70.6. The van der Waals surface area contributed by atoms with Crippen molar-refractivity contribution in [1.82, 2.24) is 47.9 Å². The molecule has 3 aliphatic rings. The van der Waals surface area contributed by atoms with E-state index in [1.54, 1.807) is 0 Å². The number of amides is 9. The normalized spacial score (nSPS) is 23.5. The number of ketones is 2. The first-order valence-corrected chi connectivity index (χ1v) is 41.8. The molecule has 0 spiro atoms. The molecule has 3 heterocycles. The first-order chi connectivity index (χ1) is 57.3. The van der Waals surface area contributed by atoms with Crippen LogP contribution < -0.4 is 47.9 Å². The van der Waals surface area contributed by atoms with Crippen LogP contribution in [0.2, 0.25) is 0 Å². The molecule has 18 N–H and O–H groups in total. The molecular weight excluding hydrogens is 1580 g/mol. The predicted octanol–water partition coefficient (Wildman–Crippen LogP) is -3.70. The summed E-state index contributed by atoms with van der Waals surface area (Å²) >= 11 is 0. The van der Waals surface area contributed by atoms with E-state index < -0.39 is 176 Å². The molecule has 16 atom stereocenters. The second kappa shape index (κ2) is 61.5. The minimum Gasteiger partial charge on any atom is -0.394 e. The molecule has 3 aliphatic heterocycles. The number of rotatable bonds is 67. The summed E-state index contributed by atoms with van der Waals surface area (Å²) in [4.78, 5) is 145. The Kier molecular flexibility index (Phi) is 55.1. The van der Waals surface area contributed by atoms with Crippen molar-refractivity contribution in [2.75, 3.05) is 145 Å². The van der Waals surface area contributed by atoms with E-state index in [1.807, 2.05) is 20.8 Å². The lowest BCUT2D eigenvalue weighted by molar-refractivity contribution is -0.270. The molecule has 120 heavy (non-hydrogen) atoms. The molecule has 3 rings (SSSR count). The molecule has 3 saturated heterocycles. The van der Waals surface area contributed by atoms with Crippen LogP contribution in [0.5, 0.6) is 0 Å². The van der Waals surface area contributed by atoms with Gasteiger partial charge in [0.15, 0.2) is 24.7 Å².